The Balaban J connectivity index is 2.14. The minimum Gasteiger partial charge on any atom is -0.475 e. The highest BCUT2D eigenvalue weighted by molar-refractivity contribution is 5.84. The molecule has 1 rings (SSSR count). The second-order valence-electron chi connectivity index (χ2n) is 3.66. The second kappa shape index (κ2) is 7.50. The summed E-state index contributed by atoms with van der Waals surface area (Å²) in [5.74, 6) is -0.795. The highest BCUT2D eigenvalue weighted by Crippen LogP contribution is 2.07. The number of hydrogen-bond acceptors (Lipinski definition) is 5. The molecule has 0 bridgehead atoms. The molecular weight excluding hydrogens is 238 g/mol. The molecule has 1 aromatic heterocycles. The molecule has 1 aromatic rings. The molecule has 18 heavy (non-hydrogen) atoms. The van der Waals surface area contributed by atoms with Crippen molar-refractivity contribution in [3.63, 3.8) is 0 Å². The zero-order chi connectivity index (χ0) is 13.4. The summed E-state index contributed by atoms with van der Waals surface area (Å²) in [5.41, 5.74) is 0. The number of carboxylic acids is 1. The molecule has 0 amide bonds. The zero-order valence-corrected chi connectivity index (χ0v) is 10.3. The van der Waals surface area contributed by atoms with Crippen molar-refractivity contribution in [2.24, 2.45) is 0 Å². The number of furan rings is 1. The largest absolute Gasteiger partial charge is 0.475 e. The number of esters is 1. The molecule has 2 N–H and O–H groups in total. The third-order valence-corrected chi connectivity index (χ3v) is 2.21. The maximum absolute atomic E-state index is 11.0. The summed E-state index contributed by atoms with van der Waals surface area (Å²) in [5, 5.41) is 11.7. The SMILES string of the molecule is CCOC(=O)CCCNCc1ccc(C(=O)O)o1. The predicted octanol–water partition coefficient (Wildman–Crippen LogP) is 1.41. The number of carbonyl (C=O) groups is 2. The first kappa shape index (κ1) is 14.2. The van der Waals surface area contributed by atoms with Gasteiger partial charge in [-0.05, 0) is 32.0 Å². The Morgan fingerprint density at radius 2 is 2.22 bits per heavy atom. The average Bonchev–Trinajstić information content (AvgIpc) is 2.78. The van der Waals surface area contributed by atoms with Crippen LogP contribution in [0, 0.1) is 0 Å². The number of aromatic carboxylic acids is 1. The molecule has 0 unspecified atom stereocenters. The van der Waals surface area contributed by atoms with Crippen molar-refractivity contribution < 1.29 is 23.8 Å². The Morgan fingerprint density at radius 3 is 2.83 bits per heavy atom. The van der Waals surface area contributed by atoms with Gasteiger partial charge in [0.05, 0.1) is 13.2 Å². The van der Waals surface area contributed by atoms with Crippen molar-refractivity contribution in [3.8, 4) is 0 Å². The van der Waals surface area contributed by atoms with E-state index in [0.29, 0.717) is 38.3 Å². The Kier molecular flexibility index (Phi) is 5.93. The third kappa shape index (κ3) is 5.01. The highest BCUT2D eigenvalue weighted by Gasteiger charge is 2.08. The molecule has 1 heterocycles. The Morgan fingerprint density at radius 1 is 1.44 bits per heavy atom. The summed E-state index contributed by atoms with van der Waals surface area (Å²) in [7, 11) is 0. The molecule has 0 aromatic carbocycles. The molecule has 0 saturated heterocycles. The van der Waals surface area contributed by atoms with Crippen molar-refractivity contribution >= 4 is 11.9 Å². The summed E-state index contributed by atoms with van der Waals surface area (Å²) in [6.07, 6.45) is 1.05. The van der Waals surface area contributed by atoms with E-state index >= 15 is 0 Å². The molecule has 0 spiro atoms. The van der Waals surface area contributed by atoms with Crippen molar-refractivity contribution in [1.29, 1.82) is 0 Å². The Labute approximate surface area is 105 Å². The lowest BCUT2D eigenvalue weighted by atomic mass is 10.3. The van der Waals surface area contributed by atoms with E-state index in [1.54, 1.807) is 13.0 Å². The second-order valence-corrected chi connectivity index (χ2v) is 3.66. The number of ether oxygens (including phenoxy) is 1. The number of nitrogens with one attached hydrogen (secondary N) is 1. The monoisotopic (exact) mass is 255 g/mol. The molecule has 0 fully saturated rings. The van der Waals surface area contributed by atoms with Crippen molar-refractivity contribution in [1.82, 2.24) is 5.32 Å². The first-order chi connectivity index (χ1) is 8.63. The lowest BCUT2D eigenvalue weighted by molar-refractivity contribution is -0.143. The number of carboxylic acid groups (broad SMARTS) is 1. The summed E-state index contributed by atoms with van der Waals surface area (Å²) >= 11 is 0. The number of rotatable bonds is 8. The van der Waals surface area contributed by atoms with Crippen LogP contribution >= 0.6 is 0 Å². The van der Waals surface area contributed by atoms with Gasteiger partial charge in [0.15, 0.2) is 0 Å². The van der Waals surface area contributed by atoms with Crippen LogP contribution in [0.3, 0.4) is 0 Å². The van der Waals surface area contributed by atoms with E-state index in [4.69, 9.17) is 14.3 Å². The molecular formula is C12H17NO5. The first-order valence-corrected chi connectivity index (χ1v) is 5.81. The van der Waals surface area contributed by atoms with E-state index in [2.05, 4.69) is 5.32 Å². The van der Waals surface area contributed by atoms with Gasteiger partial charge in [0.2, 0.25) is 5.76 Å². The van der Waals surface area contributed by atoms with Crippen molar-refractivity contribution in [3.05, 3.63) is 23.7 Å². The highest BCUT2D eigenvalue weighted by atomic mass is 16.5. The van der Waals surface area contributed by atoms with Gasteiger partial charge in [-0.3, -0.25) is 4.79 Å². The average molecular weight is 255 g/mol. The first-order valence-electron chi connectivity index (χ1n) is 5.81. The van der Waals surface area contributed by atoms with E-state index < -0.39 is 5.97 Å². The normalized spacial score (nSPS) is 10.3. The van der Waals surface area contributed by atoms with Crippen LogP contribution in [0.2, 0.25) is 0 Å². The van der Waals surface area contributed by atoms with Gasteiger partial charge in [-0.25, -0.2) is 4.79 Å². The van der Waals surface area contributed by atoms with Gasteiger partial charge < -0.3 is 19.6 Å². The summed E-state index contributed by atoms with van der Waals surface area (Å²) in [6, 6.07) is 3.03. The zero-order valence-electron chi connectivity index (χ0n) is 10.3. The van der Waals surface area contributed by atoms with Crippen LogP contribution in [0.5, 0.6) is 0 Å². The van der Waals surface area contributed by atoms with Crippen molar-refractivity contribution in [2.75, 3.05) is 13.2 Å². The molecule has 0 saturated carbocycles. The smallest absolute Gasteiger partial charge is 0.371 e. The van der Waals surface area contributed by atoms with Crippen LogP contribution in [0.1, 0.15) is 36.1 Å². The van der Waals surface area contributed by atoms with Gasteiger partial charge in [-0.2, -0.15) is 0 Å². The number of carbonyl (C=O) groups excluding carboxylic acids is 1. The minimum atomic E-state index is -1.08. The maximum atomic E-state index is 11.0. The maximum Gasteiger partial charge on any atom is 0.371 e. The molecule has 0 aliphatic heterocycles. The third-order valence-electron chi connectivity index (χ3n) is 2.21. The van der Waals surface area contributed by atoms with Crippen LogP contribution in [0.15, 0.2) is 16.5 Å². The lowest BCUT2D eigenvalue weighted by Gasteiger charge is -2.03. The molecule has 0 atom stereocenters. The summed E-state index contributed by atoms with van der Waals surface area (Å²) in [6.45, 7) is 3.25. The number of hydrogen-bond donors (Lipinski definition) is 2. The van der Waals surface area contributed by atoms with Gasteiger partial charge in [0, 0.05) is 6.42 Å². The standard InChI is InChI=1S/C12H17NO5/c1-2-17-11(14)4-3-7-13-8-9-5-6-10(18-9)12(15)16/h5-6,13H,2-4,7-8H2,1H3,(H,15,16). The molecule has 6 heteroatoms. The van der Waals surface area contributed by atoms with Crippen LogP contribution in [0.4, 0.5) is 0 Å². The molecule has 0 aliphatic rings. The van der Waals surface area contributed by atoms with Crippen LogP contribution in [-0.2, 0) is 16.1 Å². The van der Waals surface area contributed by atoms with E-state index in [1.165, 1.54) is 6.07 Å². The fraction of sp³-hybridized carbons (Fsp3) is 0.500. The van der Waals surface area contributed by atoms with E-state index in [0.717, 1.165) is 0 Å². The molecule has 0 aliphatic carbocycles. The molecule has 100 valence electrons. The van der Waals surface area contributed by atoms with Gasteiger partial charge in [0.25, 0.3) is 0 Å². The van der Waals surface area contributed by atoms with E-state index in [1.807, 2.05) is 0 Å². The lowest BCUT2D eigenvalue weighted by Crippen LogP contribution is -2.16. The van der Waals surface area contributed by atoms with Crippen LogP contribution in [0.25, 0.3) is 0 Å². The van der Waals surface area contributed by atoms with Crippen LogP contribution < -0.4 is 5.32 Å². The van der Waals surface area contributed by atoms with Gasteiger partial charge in [-0.15, -0.1) is 0 Å². The predicted molar refractivity (Wildman–Crippen MR) is 63.2 cm³/mol. The summed E-state index contributed by atoms with van der Waals surface area (Å²) < 4.78 is 9.84. The fourth-order valence-electron chi connectivity index (χ4n) is 1.39. The minimum absolute atomic E-state index is 0.0710. The van der Waals surface area contributed by atoms with E-state index in [-0.39, 0.29) is 11.7 Å². The molecule has 6 nitrogen and oxygen atoms in total. The van der Waals surface area contributed by atoms with Gasteiger partial charge in [-0.1, -0.05) is 0 Å². The van der Waals surface area contributed by atoms with Gasteiger partial charge in [0.1, 0.15) is 5.76 Å². The molecule has 0 radical (unpaired) electrons. The van der Waals surface area contributed by atoms with Crippen molar-refractivity contribution in [2.45, 2.75) is 26.3 Å². The van der Waals surface area contributed by atoms with E-state index in [9.17, 15) is 9.59 Å². The van der Waals surface area contributed by atoms with Crippen LogP contribution in [-0.4, -0.2) is 30.2 Å². The van der Waals surface area contributed by atoms with Gasteiger partial charge >= 0.3 is 11.9 Å². The Bertz CT molecular complexity index is 399. The summed E-state index contributed by atoms with van der Waals surface area (Å²) in [4.78, 5) is 21.6. The fourth-order valence-corrected chi connectivity index (χ4v) is 1.39. The topological polar surface area (TPSA) is 88.8 Å². The quantitative estimate of drug-likeness (QED) is 0.539. The Hall–Kier alpha value is -1.82.